The van der Waals surface area contributed by atoms with Crippen molar-refractivity contribution in [3.8, 4) is 0 Å². The van der Waals surface area contributed by atoms with Crippen LogP contribution in [-0.2, 0) is 6.54 Å². The summed E-state index contributed by atoms with van der Waals surface area (Å²) in [5, 5.41) is 10.9. The Morgan fingerprint density at radius 3 is 2.94 bits per heavy atom. The van der Waals surface area contributed by atoms with Gasteiger partial charge in [-0.05, 0) is 19.4 Å². The molecular formula is C12H17N3O2. The zero-order chi connectivity index (χ0) is 12.3. The van der Waals surface area contributed by atoms with Crippen molar-refractivity contribution in [2.75, 3.05) is 13.1 Å². The van der Waals surface area contributed by atoms with E-state index in [4.69, 9.17) is 5.73 Å². The van der Waals surface area contributed by atoms with Crippen molar-refractivity contribution in [3.63, 3.8) is 0 Å². The maximum atomic E-state index is 10.9. The number of benzene rings is 1. The van der Waals surface area contributed by atoms with Gasteiger partial charge < -0.3 is 5.73 Å². The van der Waals surface area contributed by atoms with Gasteiger partial charge in [-0.3, -0.25) is 15.0 Å². The molecule has 1 aliphatic heterocycles. The van der Waals surface area contributed by atoms with Crippen LogP contribution in [0.25, 0.3) is 0 Å². The normalized spacial score (nSPS) is 21.4. The predicted molar refractivity (Wildman–Crippen MR) is 65.6 cm³/mol. The van der Waals surface area contributed by atoms with Gasteiger partial charge in [0.2, 0.25) is 0 Å². The Bertz CT molecular complexity index is 408. The topological polar surface area (TPSA) is 72.4 Å². The molecule has 2 rings (SSSR count). The Labute approximate surface area is 100 Å². The van der Waals surface area contributed by atoms with E-state index in [1.54, 1.807) is 12.1 Å². The van der Waals surface area contributed by atoms with Crippen LogP contribution in [0.1, 0.15) is 18.4 Å². The lowest BCUT2D eigenvalue weighted by Crippen LogP contribution is -2.42. The first-order chi connectivity index (χ1) is 8.16. The van der Waals surface area contributed by atoms with Gasteiger partial charge in [0.05, 0.1) is 4.92 Å². The molecule has 1 fully saturated rings. The monoisotopic (exact) mass is 235 g/mol. The zero-order valence-electron chi connectivity index (χ0n) is 9.71. The molecule has 0 radical (unpaired) electrons. The Hall–Kier alpha value is -1.46. The minimum Gasteiger partial charge on any atom is -0.327 e. The molecule has 0 amide bonds. The van der Waals surface area contributed by atoms with Crippen LogP contribution in [0.15, 0.2) is 24.3 Å². The van der Waals surface area contributed by atoms with Crippen LogP contribution in [-0.4, -0.2) is 29.0 Å². The quantitative estimate of drug-likeness (QED) is 0.636. The number of piperidine rings is 1. The van der Waals surface area contributed by atoms with E-state index in [1.165, 1.54) is 0 Å². The fourth-order valence-corrected chi connectivity index (χ4v) is 2.30. The van der Waals surface area contributed by atoms with Crippen LogP contribution in [0.5, 0.6) is 0 Å². The molecule has 17 heavy (non-hydrogen) atoms. The number of nitrogens with zero attached hydrogens (tertiary/aromatic N) is 2. The largest absolute Gasteiger partial charge is 0.327 e. The molecule has 1 atom stereocenters. The number of likely N-dealkylation sites (tertiary alicyclic amines) is 1. The first-order valence-corrected chi connectivity index (χ1v) is 5.87. The number of hydrogen-bond donors (Lipinski definition) is 1. The number of rotatable bonds is 3. The Morgan fingerprint density at radius 1 is 1.47 bits per heavy atom. The van der Waals surface area contributed by atoms with Gasteiger partial charge >= 0.3 is 0 Å². The third kappa shape index (κ3) is 3.01. The minimum absolute atomic E-state index is 0.200. The highest BCUT2D eigenvalue weighted by molar-refractivity contribution is 5.39. The standard InChI is InChI=1S/C12H17N3O2/c13-11-5-3-7-14(9-11)8-10-4-1-2-6-12(10)15(16)17/h1-2,4,6,11H,3,5,7-9,13H2/t11-/m1/s1. The fourth-order valence-electron chi connectivity index (χ4n) is 2.30. The SMILES string of the molecule is N[C@@H]1CCCN(Cc2ccccc2[N+](=O)[O-])C1. The molecular weight excluding hydrogens is 218 g/mol. The highest BCUT2D eigenvalue weighted by Crippen LogP contribution is 2.21. The third-order valence-electron chi connectivity index (χ3n) is 3.12. The Balaban J connectivity index is 2.10. The Kier molecular flexibility index (Phi) is 3.71. The third-order valence-corrected chi connectivity index (χ3v) is 3.12. The summed E-state index contributed by atoms with van der Waals surface area (Å²) >= 11 is 0. The van der Waals surface area contributed by atoms with Crippen molar-refractivity contribution in [1.82, 2.24) is 4.90 Å². The molecule has 0 aliphatic carbocycles. The molecule has 1 saturated heterocycles. The second kappa shape index (κ2) is 5.25. The van der Waals surface area contributed by atoms with E-state index >= 15 is 0 Å². The van der Waals surface area contributed by atoms with Gasteiger partial charge in [-0.15, -0.1) is 0 Å². The van der Waals surface area contributed by atoms with Gasteiger partial charge in [-0.1, -0.05) is 18.2 Å². The molecule has 0 bridgehead atoms. The summed E-state index contributed by atoms with van der Waals surface area (Å²) in [6.45, 7) is 2.41. The number of nitrogens with two attached hydrogens (primary N) is 1. The average molecular weight is 235 g/mol. The van der Waals surface area contributed by atoms with Crippen LogP contribution in [0, 0.1) is 10.1 Å². The summed E-state index contributed by atoms with van der Waals surface area (Å²) in [6.07, 6.45) is 2.12. The highest BCUT2D eigenvalue weighted by Gasteiger charge is 2.20. The van der Waals surface area contributed by atoms with Gasteiger partial charge in [0.25, 0.3) is 5.69 Å². The smallest absolute Gasteiger partial charge is 0.273 e. The van der Waals surface area contributed by atoms with Crippen LogP contribution in [0.3, 0.4) is 0 Å². The van der Waals surface area contributed by atoms with Gasteiger partial charge in [0.1, 0.15) is 0 Å². The summed E-state index contributed by atoms with van der Waals surface area (Å²) < 4.78 is 0. The predicted octanol–water partition coefficient (Wildman–Crippen LogP) is 1.52. The maximum absolute atomic E-state index is 10.9. The summed E-state index contributed by atoms with van der Waals surface area (Å²) in [5.41, 5.74) is 6.87. The van der Waals surface area contributed by atoms with E-state index in [0.717, 1.165) is 31.5 Å². The van der Waals surface area contributed by atoms with Crippen molar-refractivity contribution in [1.29, 1.82) is 0 Å². The fraction of sp³-hybridized carbons (Fsp3) is 0.500. The molecule has 5 nitrogen and oxygen atoms in total. The minimum atomic E-state index is -0.320. The molecule has 5 heteroatoms. The summed E-state index contributed by atoms with van der Waals surface area (Å²) in [5.74, 6) is 0. The van der Waals surface area contributed by atoms with Gasteiger partial charge in [-0.2, -0.15) is 0 Å². The number of para-hydroxylation sites is 1. The molecule has 0 unspecified atom stereocenters. The van der Waals surface area contributed by atoms with Crippen molar-refractivity contribution in [2.24, 2.45) is 5.73 Å². The van der Waals surface area contributed by atoms with Crippen LogP contribution < -0.4 is 5.73 Å². The van der Waals surface area contributed by atoms with E-state index in [2.05, 4.69) is 4.90 Å². The molecule has 0 saturated carbocycles. The lowest BCUT2D eigenvalue weighted by Gasteiger charge is -2.30. The molecule has 1 aliphatic rings. The van der Waals surface area contributed by atoms with Crippen molar-refractivity contribution >= 4 is 5.69 Å². The van der Waals surface area contributed by atoms with Crippen molar-refractivity contribution in [2.45, 2.75) is 25.4 Å². The Morgan fingerprint density at radius 2 is 2.24 bits per heavy atom. The highest BCUT2D eigenvalue weighted by atomic mass is 16.6. The average Bonchev–Trinajstić information content (AvgIpc) is 2.29. The lowest BCUT2D eigenvalue weighted by atomic mass is 10.1. The van der Waals surface area contributed by atoms with E-state index in [-0.39, 0.29) is 16.7 Å². The summed E-state index contributed by atoms with van der Waals surface area (Å²) in [4.78, 5) is 12.8. The molecule has 2 N–H and O–H groups in total. The summed E-state index contributed by atoms with van der Waals surface area (Å²) in [7, 11) is 0. The molecule has 92 valence electrons. The van der Waals surface area contributed by atoms with E-state index in [9.17, 15) is 10.1 Å². The first kappa shape index (κ1) is 12.0. The number of hydrogen-bond acceptors (Lipinski definition) is 4. The molecule has 1 heterocycles. The van der Waals surface area contributed by atoms with Gasteiger partial charge in [-0.25, -0.2) is 0 Å². The maximum Gasteiger partial charge on any atom is 0.273 e. The summed E-state index contributed by atoms with van der Waals surface area (Å²) in [6, 6.07) is 7.11. The number of nitro groups is 1. The van der Waals surface area contributed by atoms with Crippen LogP contribution in [0.2, 0.25) is 0 Å². The lowest BCUT2D eigenvalue weighted by molar-refractivity contribution is -0.385. The second-order valence-electron chi connectivity index (χ2n) is 4.52. The molecule has 1 aromatic rings. The van der Waals surface area contributed by atoms with E-state index in [0.29, 0.717) is 6.54 Å². The molecule has 0 spiro atoms. The molecule has 1 aromatic carbocycles. The molecule has 0 aromatic heterocycles. The van der Waals surface area contributed by atoms with Gasteiger partial charge in [0.15, 0.2) is 0 Å². The van der Waals surface area contributed by atoms with E-state index in [1.807, 2.05) is 12.1 Å². The van der Waals surface area contributed by atoms with Crippen LogP contribution >= 0.6 is 0 Å². The van der Waals surface area contributed by atoms with Gasteiger partial charge in [0, 0.05) is 30.8 Å². The van der Waals surface area contributed by atoms with E-state index < -0.39 is 0 Å². The van der Waals surface area contributed by atoms with Crippen LogP contribution in [0.4, 0.5) is 5.69 Å². The zero-order valence-corrected chi connectivity index (χ0v) is 9.71. The number of nitro benzene ring substituents is 1. The second-order valence-corrected chi connectivity index (χ2v) is 4.52. The van der Waals surface area contributed by atoms with Crippen molar-refractivity contribution in [3.05, 3.63) is 39.9 Å². The first-order valence-electron chi connectivity index (χ1n) is 5.87. The van der Waals surface area contributed by atoms with Crippen molar-refractivity contribution < 1.29 is 4.92 Å².